The van der Waals surface area contributed by atoms with Crippen LogP contribution in [0.15, 0.2) is 30.3 Å². The second kappa shape index (κ2) is 8.19. The van der Waals surface area contributed by atoms with Gasteiger partial charge in [-0.15, -0.1) is 0 Å². The molecule has 1 unspecified atom stereocenters. The molecule has 0 spiro atoms. The lowest BCUT2D eigenvalue weighted by Crippen LogP contribution is -2.10. The van der Waals surface area contributed by atoms with Crippen molar-refractivity contribution >= 4 is 5.82 Å². The Kier molecular flexibility index (Phi) is 5.74. The molecule has 128 valence electrons. The molecule has 2 N–H and O–H groups in total. The van der Waals surface area contributed by atoms with Gasteiger partial charge in [0.1, 0.15) is 12.4 Å². The Morgan fingerprint density at radius 3 is 2.92 bits per heavy atom. The smallest absolute Gasteiger partial charge is 0.156 e. The summed E-state index contributed by atoms with van der Waals surface area (Å²) in [5.41, 5.74) is 3.00. The van der Waals surface area contributed by atoms with Gasteiger partial charge in [-0.2, -0.15) is 0 Å². The van der Waals surface area contributed by atoms with Gasteiger partial charge in [-0.05, 0) is 17.5 Å². The average Bonchev–Trinajstić information content (AvgIpc) is 3.15. The maximum Gasteiger partial charge on any atom is 0.156 e. The molecule has 1 atom stereocenters. The topological polar surface area (TPSA) is 76.5 Å². The molecule has 0 bridgehead atoms. The quantitative estimate of drug-likeness (QED) is 0.811. The van der Waals surface area contributed by atoms with Crippen molar-refractivity contribution in [3.63, 3.8) is 0 Å². The van der Waals surface area contributed by atoms with Crippen LogP contribution in [0.4, 0.5) is 5.82 Å². The lowest BCUT2D eigenvalue weighted by Gasteiger charge is -2.13. The van der Waals surface area contributed by atoms with Crippen molar-refractivity contribution in [1.29, 1.82) is 0 Å². The Bertz CT molecular complexity index is 672. The molecule has 1 aliphatic heterocycles. The maximum absolute atomic E-state index is 9.23. The van der Waals surface area contributed by atoms with Crippen LogP contribution in [0.3, 0.4) is 0 Å². The van der Waals surface area contributed by atoms with Crippen LogP contribution in [0.1, 0.15) is 35.0 Å². The fourth-order valence-electron chi connectivity index (χ4n) is 2.81. The zero-order valence-corrected chi connectivity index (χ0v) is 13.9. The van der Waals surface area contributed by atoms with Gasteiger partial charge in [0.2, 0.25) is 0 Å². The van der Waals surface area contributed by atoms with E-state index in [9.17, 15) is 5.11 Å². The Morgan fingerprint density at radius 2 is 2.17 bits per heavy atom. The number of benzene rings is 1. The van der Waals surface area contributed by atoms with Gasteiger partial charge in [0, 0.05) is 32.2 Å². The predicted molar refractivity (Wildman–Crippen MR) is 90.6 cm³/mol. The summed E-state index contributed by atoms with van der Waals surface area (Å²) < 4.78 is 10.7. The highest BCUT2D eigenvalue weighted by Gasteiger charge is 2.20. The first-order valence-electron chi connectivity index (χ1n) is 8.15. The summed E-state index contributed by atoms with van der Waals surface area (Å²) >= 11 is 0. The molecule has 2 aromatic rings. The van der Waals surface area contributed by atoms with Gasteiger partial charge in [-0.1, -0.05) is 24.3 Å². The van der Waals surface area contributed by atoms with Crippen LogP contribution in [0, 0.1) is 0 Å². The molecule has 0 saturated carbocycles. The molecule has 6 nitrogen and oxygen atoms in total. The molecular weight excluding hydrogens is 306 g/mol. The normalized spacial score (nSPS) is 17.2. The Labute approximate surface area is 141 Å². The Balaban J connectivity index is 1.75. The molecule has 1 aromatic carbocycles. The van der Waals surface area contributed by atoms with Crippen molar-refractivity contribution in [2.75, 3.05) is 25.6 Å². The molecule has 1 fully saturated rings. The number of nitrogens with one attached hydrogen (secondary N) is 1. The minimum Gasteiger partial charge on any atom is -0.392 e. The third kappa shape index (κ3) is 4.29. The summed E-state index contributed by atoms with van der Waals surface area (Å²) in [6.45, 7) is 2.56. The highest BCUT2D eigenvalue weighted by atomic mass is 16.5. The van der Waals surface area contributed by atoms with Crippen molar-refractivity contribution < 1.29 is 14.6 Å². The molecule has 1 aromatic heterocycles. The number of ether oxygens (including phenoxy) is 2. The van der Waals surface area contributed by atoms with Crippen LogP contribution in [0.25, 0.3) is 0 Å². The van der Waals surface area contributed by atoms with Gasteiger partial charge < -0.3 is 19.9 Å². The zero-order chi connectivity index (χ0) is 16.8. The van der Waals surface area contributed by atoms with Crippen molar-refractivity contribution in [2.45, 2.75) is 32.1 Å². The van der Waals surface area contributed by atoms with E-state index in [0.717, 1.165) is 35.7 Å². The van der Waals surface area contributed by atoms with E-state index in [1.54, 1.807) is 7.11 Å². The van der Waals surface area contributed by atoms with E-state index in [1.165, 1.54) is 0 Å². The van der Waals surface area contributed by atoms with E-state index in [4.69, 9.17) is 9.47 Å². The standard InChI is InChI=1S/C18H23N3O3/c1-23-12-18-20-16(15-5-6-24-11-15)8-17(21-18)19-9-13-3-2-4-14(7-13)10-22/h2-4,7-8,15,22H,5-6,9-12H2,1H3,(H,19,20,21). The summed E-state index contributed by atoms with van der Waals surface area (Å²) in [5.74, 6) is 1.78. The fraction of sp³-hybridized carbons (Fsp3) is 0.444. The van der Waals surface area contributed by atoms with Crippen LogP contribution in [0.5, 0.6) is 0 Å². The molecule has 3 rings (SSSR count). The number of nitrogens with zero attached hydrogens (tertiary/aromatic N) is 2. The summed E-state index contributed by atoms with van der Waals surface area (Å²) in [6, 6.07) is 9.85. The van der Waals surface area contributed by atoms with Crippen LogP contribution in [-0.2, 0) is 29.2 Å². The number of aromatic nitrogens is 2. The first-order chi connectivity index (χ1) is 11.8. The summed E-state index contributed by atoms with van der Waals surface area (Å²) in [7, 11) is 1.64. The first kappa shape index (κ1) is 16.8. The van der Waals surface area contributed by atoms with E-state index in [0.29, 0.717) is 31.5 Å². The maximum atomic E-state index is 9.23. The van der Waals surface area contributed by atoms with Gasteiger partial charge in [0.25, 0.3) is 0 Å². The summed E-state index contributed by atoms with van der Waals surface area (Å²) in [6.07, 6.45) is 0.988. The van der Waals surface area contributed by atoms with Gasteiger partial charge in [-0.3, -0.25) is 0 Å². The van der Waals surface area contributed by atoms with E-state index < -0.39 is 0 Å². The fourth-order valence-corrected chi connectivity index (χ4v) is 2.81. The SMILES string of the molecule is COCc1nc(NCc2cccc(CO)c2)cc(C2CCOC2)n1. The molecular formula is C18H23N3O3. The van der Waals surface area contributed by atoms with Crippen molar-refractivity contribution in [3.05, 3.63) is 53.0 Å². The van der Waals surface area contributed by atoms with Crippen LogP contribution >= 0.6 is 0 Å². The molecule has 24 heavy (non-hydrogen) atoms. The van der Waals surface area contributed by atoms with Gasteiger partial charge in [0.05, 0.1) is 18.9 Å². The third-order valence-corrected chi connectivity index (χ3v) is 4.06. The summed E-state index contributed by atoms with van der Waals surface area (Å²) in [4.78, 5) is 9.11. The third-order valence-electron chi connectivity index (χ3n) is 4.06. The van der Waals surface area contributed by atoms with Crippen LogP contribution in [0.2, 0.25) is 0 Å². The minimum atomic E-state index is 0.0468. The lowest BCUT2D eigenvalue weighted by atomic mass is 10.0. The van der Waals surface area contributed by atoms with Crippen molar-refractivity contribution in [3.8, 4) is 0 Å². The summed E-state index contributed by atoms with van der Waals surface area (Å²) in [5, 5.41) is 12.6. The number of methoxy groups -OCH3 is 1. The molecule has 1 saturated heterocycles. The Hall–Kier alpha value is -2.02. The number of aliphatic hydroxyl groups excluding tert-OH is 1. The van der Waals surface area contributed by atoms with E-state index in [1.807, 2.05) is 30.3 Å². The van der Waals surface area contributed by atoms with Crippen LogP contribution < -0.4 is 5.32 Å². The lowest BCUT2D eigenvalue weighted by molar-refractivity contribution is 0.177. The van der Waals surface area contributed by atoms with Gasteiger partial charge in [0.15, 0.2) is 5.82 Å². The Morgan fingerprint density at radius 1 is 1.29 bits per heavy atom. The van der Waals surface area contributed by atoms with Gasteiger partial charge >= 0.3 is 0 Å². The van der Waals surface area contributed by atoms with E-state index >= 15 is 0 Å². The molecule has 2 heterocycles. The molecule has 0 aliphatic carbocycles. The zero-order valence-electron chi connectivity index (χ0n) is 13.9. The van der Waals surface area contributed by atoms with Crippen molar-refractivity contribution in [1.82, 2.24) is 9.97 Å². The molecule has 6 heteroatoms. The number of anilines is 1. The monoisotopic (exact) mass is 329 g/mol. The highest BCUT2D eigenvalue weighted by Crippen LogP contribution is 2.25. The van der Waals surface area contributed by atoms with Crippen LogP contribution in [-0.4, -0.2) is 35.4 Å². The minimum absolute atomic E-state index is 0.0468. The van der Waals surface area contributed by atoms with E-state index in [-0.39, 0.29) is 6.61 Å². The largest absolute Gasteiger partial charge is 0.392 e. The number of rotatable bonds is 7. The van der Waals surface area contributed by atoms with Gasteiger partial charge in [-0.25, -0.2) is 9.97 Å². The number of aliphatic hydroxyl groups is 1. The van der Waals surface area contributed by atoms with E-state index in [2.05, 4.69) is 15.3 Å². The predicted octanol–water partition coefficient (Wildman–Crippen LogP) is 2.23. The second-order valence-corrected chi connectivity index (χ2v) is 5.92. The number of hydrogen-bond acceptors (Lipinski definition) is 6. The molecule has 0 amide bonds. The first-order valence-corrected chi connectivity index (χ1v) is 8.15. The number of hydrogen-bond donors (Lipinski definition) is 2. The molecule has 1 aliphatic rings. The van der Waals surface area contributed by atoms with Crippen molar-refractivity contribution in [2.24, 2.45) is 0 Å². The average molecular weight is 329 g/mol. The highest BCUT2D eigenvalue weighted by molar-refractivity contribution is 5.39. The molecule has 0 radical (unpaired) electrons. The second-order valence-electron chi connectivity index (χ2n) is 5.92.